The molecule has 1 aliphatic heterocycles. The molecule has 5 nitrogen and oxygen atoms in total. The minimum atomic E-state index is -0.0750. The molecule has 23 heavy (non-hydrogen) atoms. The third kappa shape index (κ3) is 3.99. The predicted molar refractivity (Wildman–Crippen MR) is 98.5 cm³/mol. The van der Waals surface area contributed by atoms with Gasteiger partial charge in [0.25, 0.3) is 5.91 Å². The molecule has 120 valence electrons. The van der Waals surface area contributed by atoms with Gasteiger partial charge in [0, 0.05) is 22.4 Å². The number of aromatic nitrogens is 2. The summed E-state index contributed by atoms with van der Waals surface area (Å²) in [5.74, 6) is 0.704. The molecule has 0 atom stereocenters. The number of aryl methyl sites for hydroxylation is 1. The van der Waals surface area contributed by atoms with E-state index in [1.807, 2.05) is 37.3 Å². The number of hydrogen-bond donors (Lipinski definition) is 1. The molecule has 2 heterocycles. The van der Waals surface area contributed by atoms with Crippen LogP contribution in [0.2, 0.25) is 0 Å². The number of carbonyl (C=O) groups excluding carboxylic acids is 1. The second kappa shape index (κ2) is 7.25. The van der Waals surface area contributed by atoms with Gasteiger partial charge < -0.3 is 10.2 Å². The van der Waals surface area contributed by atoms with Gasteiger partial charge in [-0.25, -0.2) is 9.97 Å². The van der Waals surface area contributed by atoms with Crippen LogP contribution in [-0.4, -0.2) is 29.0 Å². The van der Waals surface area contributed by atoms with Crippen LogP contribution >= 0.6 is 22.6 Å². The summed E-state index contributed by atoms with van der Waals surface area (Å²) in [6, 6.07) is 9.48. The number of hydrogen-bond acceptors (Lipinski definition) is 4. The molecule has 1 aromatic carbocycles. The van der Waals surface area contributed by atoms with Crippen LogP contribution in [0.25, 0.3) is 0 Å². The van der Waals surface area contributed by atoms with Gasteiger partial charge >= 0.3 is 0 Å². The van der Waals surface area contributed by atoms with Crippen molar-refractivity contribution < 1.29 is 4.79 Å². The summed E-state index contributed by atoms with van der Waals surface area (Å²) < 4.78 is 0.944. The SMILES string of the molecule is Cc1cc(CNC(=O)c2ccccc2I)nc(N2CCCC2)n1. The molecule has 3 rings (SSSR count). The van der Waals surface area contributed by atoms with Crippen molar-refractivity contribution >= 4 is 34.4 Å². The Morgan fingerprint density at radius 2 is 2.00 bits per heavy atom. The molecular weight excluding hydrogens is 403 g/mol. The highest BCUT2D eigenvalue weighted by molar-refractivity contribution is 14.1. The van der Waals surface area contributed by atoms with Crippen LogP contribution in [0.5, 0.6) is 0 Å². The Balaban J connectivity index is 1.70. The molecular formula is C17H19IN4O. The normalized spacial score (nSPS) is 14.1. The Hall–Kier alpha value is -1.70. The van der Waals surface area contributed by atoms with Crippen molar-refractivity contribution in [3.05, 3.63) is 50.9 Å². The van der Waals surface area contributed by atoms with Gasteiger partial charge in [-0.3, -0.25) is 4.79 Å². The van der Waals surface area contributed by atoms with Gasteiger partial charge in [0.1, 0.15) is 0 Å². The highest BCUT2D eigenvalue weighted by Crippen LogP contribution is 2.17. The number of benzene rings is 1. The number of rotatable bonds is 4. The van der Waals surface area contributed by atoms with E-state index >= 15 is 0 Å². The van der Waals surface area contributed by atoms with Crippen molar-refractivity contribution in [3.63, 3.8) is 0 Å². The van der Waals surface area contributed by atoms with Crippen molar-refractivity contribution in [1.82, 2.24) is 15.3 Å². The van der Waals surface area contributed by atoms with Gasteiger partial charge in [-0.1, -0.05) is 12.1 Å². The highest BCUT2D eigenvalue weighted by atomic mass is 127. The van der Waals surface area contributed by atoms with Crippen molar-refractivity contribution in [3.8, 4) is 0 Å². The lowest BCUT2D eigenvalue weighted by atomic mass is 10.2. The molecule has 0 radical (unpaired) electrons. The van der Waals surface area contributed by atoms with Gasteiger partial charge in [0.2, 0.25) is 5.95 Å². The fraction of sp³-hybridized carbons (Fsp3) is 0.353. The van der Waals surface area contributed by atoms with Gasteiger partial charge in [-0.2, -0.15) is 0 Å². The Bertz CT molecular complexity index is 713. The van der Waals surface area contributed by atoms with E-state index in [4.69, 9.17) is 0 Å². The average molecular weight is 422 g/mol. The first-order chi connectivity index (χ1) is 11.1. The lowest BCUT2D eigenvalue weighted by Gasteiger charge is -2.16. The summed E-state index contributed by atoms with van der Waals surface area (Å²) in [5.41, 5.74) is 2.47. The summed E-state index contributed by atoms with van der Waals surface area (Å²) in [6.07, 6.45) is 2.38. The van der Waals surface area contributed by atoms with E-state index in [0.717, 1.165) is 34.0 Å². The molecule has 2 aromatic rings. The van der Waals surface area contributed by atoms with E-state index < -0.39 is 0 Å². The Morgan fingerprint density at radius 1 is 1.26 bits per heavy atom. The first-order valence-corrected chi connectivity index (χ1v) is 8.83. The predicted octanol–water partition coefficient (Wildman–Crippen LogP) is 2.92. The van der Waals surface area contributed by atoms with E-state index in [0.29, 0.717) is 12.1 Å². The Kier molecular flexibility index (Phi) is 5.09. The van der Waals surface area contributed by atoms with Crippen LogP contribution in [0.1, 0.15) is 34.6 Å². The van der Waals surface area contributed by atoms with E-state index in [2.05, 4.69) is 42.8 Å². The van der Waals surface area contributed by atoms with Gasteiger partial charge in [-0.05, 0) is 60.6 Å². The number of anilines is 1. The van der Waals surface area contributed by atoms with Crippen LogP contribution in [-0.2, 0) is 6.54 Å². The molecule has 1 aliphatic rings. The van der Waals surface area contributed by atoms with Crippen molar-refractivity contribution in [2.24, 2.45) is 0 Å². The molecule has 1 saturated heterocycles. The third-order valence-electron chi connectivity index (χ3n) is 3.83. The van der Waals surface area contributed by atoms with Crippen LogP contribution < -0.4 is 10.2 Å². The van der Waals surface area contributed by atoms with E-state index in [1.54, 1.807) is 0 Å². The second-order valence-corrected chi connectivity index (χ2v) is 6.82. The molecule has 1 N–H and O–H groups in total. The largest absolute Gasteiger partial charge is 0.346 e. The molecule has 0 aliphatic carbocycles. The summed E-state index contributed by atoms with van der Waals surface area (Å²) in [7, 11) is 0. The van der Waals surface area contributed by atoms with Crippen molar-refractivity contribution in [1.29, 1.82) is 0 Å². The van der Waals surface area contributed by atoms with Gasteiger partial charge in [-0.15, -0.1) is 0 Å². The number of amides is 1. The molecule has 1 amide bonds. The summed E-state index contributed by atoms with van der Waals surface area (Å²) >= 11 is 2.17. The topological polar surface area (TPSA) is 58.1 Å². The number of nitrogens with zero attached hydrogens (tertiary/aromatic N) is 3. The fourth-order valence-electron chi connectivity index (χ4n) is 2.68. The number of halogens is 1. The highest BCUT2D eigenvalue weighted by Gasteiger charge is 2.16. The van der Waals surface area contributed by atoms with Gasteiger partial charge in [0.05, 0.1) is 17.8 Å². The average Bonchev–Trinajstić information content (AvgIpc) is 3.07. The standard InChI is InChI=1S/C17H19IN4O/c1-12-10-13(21-17(20-12)22-8-4-5-9-22)11-19-16(23)14-6-2-3-7-15(14)18/h2-3,6-7,10H,4-5,8-9,11H2,1H3,(H,19,23). The minimum absolute atomic E-state index is 0.0750. The minimum Gasteiger partial charge on any atom is -0.346 e. The summed E-state index contributed by atoms with van der Waals surface area (Å²) in [5, 5.41) is 2.95. The smallest absolute Gasteiger partial charge is 0.252 e. The lowest BCUT2D eigenvalue weighted by Crippen LogP contribution is -2.26. The molecule has 1 fully saturated rings. The van der Waals surface area contributed by atoms with E-state index in [9.17, 15) is 4.79 Å². The number of carbonyl (C=O) groups is 1. The molecule has 1 aromatic heterocycles. The maximum Gasteiger partial charge on any atom is 0.252 e. The van der Waals surface area contributed by atoms with E-state index in [1.165, 1.54) is 12.8 Å². The van der Waals surface area contributed by atoms with Crippen molar-refractivity contribution in [2.45, 2.75) is 26.3 Å². The van der Waals surface area contributed by atoms with Crippen molar-refractivity contribution in [2.75, 3.05) is 18.0 Å². The maximum atomic E-state index is 12.3. The first kappa shape index (κ1) is 16.2. The third-order valence-corrected chi connectivity index (χ3v) is 4.77. The Labute approximate surface area is 149 Å². The van der Waals surface area contributed by atoms with Crippen LogP contribution in [0.3, 0.4) is 0 Å². The molecule has 0 bridgehead atoms. The molecule has 0 spiro atoms. The zero-order chi connectivity index (χ0) is 16.2. The number of nitrogens with one attached hydrogen (secondary N) is 1. The van der Waals surface area contributed by atoms with E-state index in [-0.39, 0.29) is 5.91 Å². The zero-order valence-corrected chi connectivity index (χ0v) is 15.2. The lowest BCUT2D eigenvalue weighted by molar-refractivity contribution is 0.0949. The van der Waals surface area contributed by atoms with Crippen LogP contribution in [0.4, 0.5) is 5.95 Å². The van der Waals surface area contributed by atoms with Crippen LogP contribution in [0, 0.1) is 10.5 Å². The summed E-state index contributed by atoms with van der Waals surface area (Å²) in [6.45, 7) is 4.40. The second-order valence-electron chi connectivity index (χ2n) is 5.66. The molecule has 6 heteroatoms. The quantitative estimate of drug-likeness (QED) is 0.771. The molecule has 0 saturated carbocycles. The maximum absolute atomic E-state index is 12.3. The fourth-order valence-corrected chi connectivity index (χ4v) is 3.31. The van der Waals surface area contributed by atoms with Gasteiger partial charge in [0.15, 0.2) is 0 Å². The molecule has 0 unspecified atom stereocenters. The zero-order valence-electron chi connectivity index (χ0n) is 13.1. The monoisotopic (exact) mass is 422 g/mol. The van der Waals surface area contributed by atoms with Crippen LogP contribution in [0.15, 0.2) is 30.3 Å². The Morgan fingerprint density at radius 3 is 2.74 bits per heavy atom. The first-order valence-electron chi connectivity index (χ1n) is 7.76. The summed E-state index contributed by atoms with van der Waals surface area (Å²) in [4.78, 5) is 23.6.